The minimum absolute atomic E-state index is 0.0609. The predicted molar refractivity (Wildman–Crippen MR) is 55.5 cm³/mol. The van der Waals surface area contributed by atoms with Crippen molar-refractivity contribution in [2.75, 3.05) is 20.3 Å². The standard InChI is InChI=1S/C11H14O4/c1-14-5-2-6-15-10-4-3-9(8-12)11(13)7-10/h3-4,7-8,13H,2,5-6H2,1H3. The summed E-state index contributed by atoms with van der Waals surface area (Å²) in [5.74, 6) is 0.489. The predicted octanol–water partition coefficient (Wildman–Crippen LogP) is 1.62. The lowest BCUT2D eigenvalue weighted by Gasteiger charge is -2.06. The highest BCUT2D eigenvalue weighted by atomic mass is 16.5. The Hall–Kier alpha value is -1.55. The smallest absolute Gasteiger partial charge is 0.153 e. The van der Waals surface area contributed by atoms with Gasteiger partial charge in [0.2, 0.25) is 0 Å². The maximum absolute atomic E-state index is 10.4. The van der Waals surface area contributed by atoms with Gasteiger partial charge in [0.1, 0.15) is 11.5 Å². The molecule has 0 aliphatic carbocycles. The van der Waals surface area contributed by atoms with Crippen LogP contribution in [-0.4, -0.2) is 31.7 Å². The Morgan fingerprint density at radius 1 is 1.40 bits per heavy atom. The maximum atomic E-state index is 10.4. The summed E-state index contributed by atoms with van der Waals surface area (Å²) in [7, 11) is 1.63. The molecule has 0 amide bonds. The molecule has 1 aromatic rings. The normalized spacial score (nSPS) is 9.93. The first kappa shape index (κ1) is 11.5. The first-order valence-electron chi connectivity index (χ1n) is 4.68. The largest absolute Gasteiger partial charge is 0.507 e. The number of phenolic OH excluding ortho intramolecular Hbond substituents is 1. The number of aldehydes is 1. The van der Waals surface area contributed by atoms with Crippen LogP contribution < -0.4 is 4.74 Å². The second kappa shape index (κ2) is 6.03. The highest BCUT2D eigenvalue weighted by Gasteiger charge is 2.01. The van der Waals surface area contributed by atoms with Crippen LogP contribution in [0, 0.1) is 0 Å². The number of benzene rings is 1. The summed E-state index contributed by atoms with van der Waals surface area (Å²) in [6.45, 7) is 1.16. The van der Waals surface area contributed by atoms with Crippen LogP contribution in [0.15, 0.2) is 18.2 Å². The Morgan fingerprint density at radius 2 is 2.20 bits per heavy atom. The highest BCUT2D eigenvalue weighted by molar-refractivity contribution is 5.79. The molecule has 82 valence electrons. The Balaban J connectivity index is 2.48. The molecule has 0 unspecified atom stereocenters. The molecule has 0 spiro atoms. The van der Waals surface area contributed by atoms with Crippen molar-refractivity contribution >= 4 is 6.29 Å². The highest BCUT2D eigenvalue weighted by Crippen LogP contribution is 2.22. The van der Waals surface area contributed by atoms with E-state index in [0.717, 1.165) is 6.42 Å². The number of rotatable bonds is 6. The third-order valence-corrected chi connectivity index (χ3v) is 1.89. The number of methoxy groups -OCH3 is 1. The molecular weight excluding hydrogens is 196 g/mol. The lowest BCUT2D eigenvalue weighted by Crippen LogP contribution is -2.01. The molecule has 0 saturated heterocycles. The van der Waals surface area contributed by atoms with Crippen molar-refractivity contribution in [3.05, 3.63) is 23.8 Å². The molecule has 0 aliphatic rings. The molecule has 0 fully saturated rings. The number of carbonyl (C=O) groups is 1. The number of aromatic hydroxyl groups is 1. The van der Waals surface area contributed by atoms with Gasteiger partial charge in [-0.2, -0.15) is 0 Å². The molecule has 0 aromatic heterocycles. The van der Waals surface area contributed by atoms with E-state index in [1.165, 1.54) is 12.1 Å². The van der Waals surface area contributed by atoms with E-state index < -0.39 is 0 Å². The molecular formula is C11H14O4. The van der Waals surface area contributed by atoms with Crippen LogP contribution in [0.5, 0.6) is 11.5 Å². The van der Waals surface area contributed by atoms with E-state index in [0.29, 0.717) is 25.2 Å². The van der Waals surface area contributed by atoms with Gasteiger partial charge in [-0.15, -0.1) is 0 Å². The molecule has 0 radical (unpaired) electrons. The molecule has 4 nitrogen and oxygen atoms in total. The third kappa shape index (κ3) is 3.59. The van der Waals surface area contributed by atoms with E-state index >= 15 is 0 Å². The van der Waals surface area contributed by atoms with Crippen molar-refractivity contribution in [1.29, 1.82) is 0 Å². The summed E-state index contributed by atoms with van der Waals surface area (Å²) in [6.07, 6.45) is 1.39. The second-order valence-electron chi connectivity index (χ2n) is 3.03. The summed E-state index contributed by atoms with van der Waals surface area (Å²) >= 11 is 0. The summed E-state index contributed by atoms with van der Waals surface area (Å²) < 4.78 is 10.2. The van der Waals surface area contributed by atoms with Crippen molar-refractivity contribution in [3.63, 3.8) is 0 Å². The molecule has 1 aromatic carbocycles. The van der Waals surface area contributed by atoms with Gasteiger partial charge in [-0.05, 0) is 12.1 Å². The molecule has 4 heteroatoms. The quantitative estimate of drug-likeness (QED) is 0.572. The van der Waals surface area contributed by atoms with E-state index in [2.05, 4.69) is 0 Å². The second-order valence-corrected chi connectivity index (χ2v) is 3.03. The zero-order chi connectivity index (χ0) is 11.1. The first-order chi connectivity index (χ1) is 7.27. The van der Waals surface area contributed by atoms with Gasteiger partial charge in [0.15, 0.2) is 6.29 Å². The number of carbonyl (C=O) groups excluding carboxylic acids is 1. The van der Waals surface area contributed by atoms with Crippen molar-refractivity contribution in [2.45, 2.75) is 6.42 Å². The molecule has 0 saturated carbocycles. The van der Waals surface area contributed by atoms with E-state index in [9.17, 15) is 9.90 Å². The Morgan fingerprint density at radius 3 is 2.80 bits per heavy atom. The Kier molecular flexibility index (Phi) is 4.63. The molecule has 0 aliphatic heterocycles. The van der Waals surface area contributed by atoms with Gasteiger partial charge in [0, 0.05) is 26.2 Å². The molecule has 1 rings (SSSR count). The topological polar surface area (TPSA) is 55.8 Å². The monoisotopic (exact) mass is 210 g/mol. The summed E-state index contributed by atoms with van der Waals surface area (Å²) in [5, 5.41) is 9.36. The molecule has 1 N–H and O–H groups in total. The average Bonchev–Trinajstić information content (AvgIpc) is 2.25. The van der Waals surface area contributed by atoms with Crippen molar-refractivity contribution in [3.8, 4) is 11.5 Å². The van der Waals surface area contributed by atoms with Gasteiger partial charge in [0.25, 0.3) is 0 Å². The van der Waals surface area contributed by atoms with Gasteiger partial charge in [-0.25, -0.2) is 0 Å². The molecule has 15 heavy (non-hydrogen) atoms. The maximum Gasteiger partial charge on any atom is 0.153 e. The fraction of sp³-hybridized carbons (Fsp3) is 0.364. The van der Waals surface area contributed by atoms with Crippen LogP contribution in [-0.2, 0) is 4.74 Å². The summed E-state index contributed by atoms with van der Waals surface area (Å²) in [6, 6.07) is 4.60. The number of hydrogen-bond donors (Lipinski definition) is 1. The minimum atomic E-state index is -0.0609. The summed E-state index contributed by atoms with van der Waals surface area (Å²) in [4.78, 5) is 10.4. The fourth-order valence-corrected chi connectivity index (χ4v) is 1.11. The van der Waals surface area contributed by atoms with E-state index in [-0.39, 0.29) is 11.3 Å². The molecule has 0 bridgehead atoms. The van der Waals surface area contributed by atoms with Crippen LogP contribution >= 0.6 is 0 Å². The van der Waals surface area contributed by atoms with Crippen LogP contribution in [0.3, 0.4) is 0 Å². The van der Waals surface area contributed by atoms with Crippen LogP contribution in [0.4, 0.5) is 0 Å². The van der Waals surface area contributed by atoms with E-state index in [1.54, 1.807) is 13.2 Å². The van der Waals surface area contributed by atoms with E-state index in [4.69, 9.17) is 9.47 Å². The van der Waals surface area contributed by atoms with Gasteiger partial charge in [-0.1, -0.05) is 0 Å². The number of ether oxygens (including phenoxy) is 2. The Labute approximate surface area is 88.4 Å². The zero-order valence-electron chi connectivity index (χ0n) is 8.60. The Bertz CT molecular complexity index is 322. The van der Waals surface area contributed by atoms with Crippen LogP contribution in [0.25, 0.3) is 0 Å². The van der Waals surface area contributed by atoms with Gasteiger partial charge in [0.05, 0.1) is 12.2 Å². The van der Waals surface area contributed by atoms with Crippen LogP contribution in [0.2, 0.25) is 0 Å². The van der Waals surface area contributed by atoms with Gasteiger partial charge < -0.3 is 14.6 Å². The third-order valence-electron chi connectivity index (χ3n) is 1.89. The van der Waals surface area contributed by atoms with Crippen molar-refractivity contribution < 1.29 is 19.4 Å². The minimum Gasteiger partial charge on any atom is -0.507 e. The van der Waals surface area contributed by atoms with E-state index in [1.807, 2.05) is 0 Å². The lowest BCUT2D eigenvalue weighted by molar-refractivity contribution is 0.112. The average molecular weight is 210 g/mol. The number of hydrogen-bond acceptors (Lipinski definition) is 4. The van der Waals surface area contributed by atoms with Crippen molar-refractivity contribution in [1.82, 2.24) is 0 Å². The SMILES string of the molecule is COCCCOc1ccc(C=O)c(O)c1. The fourth-order valence-electron chi connectivity index (χ4n) is 1.11. The lowest BCUT2D eigenvalue weighted by atomic mass is 10.2. The van der Waals surface area contributed by atoms with Crippen LogP contribution in [0.1, 0.15) is 16.8 Å². The first-order valence-corrected chi connectivity index (χ1v) is 4.68. The van der Waals surface area contributed by atoms with Gasteiger partial charge >= 0.3 is 0 Å². The van der Waals surface area contributed by atoms with Gasteiger partial charge in [-0.3, -0.25) is 4.79 Å². The summed E-state index contributed by atoms with van der Waals surface area (Å²) in [5.41, 5.74) is 0.263. The zero-order valence-corrected chi connectivity index (χ0v) is 8.60. The van der Waals surface area contributed by atoms with Crippen molar-refractivity contribution in [2.24, 2.45) is 0 Å². The number of phenols is 1. The molecule has 0 heterocycles. The molecule has 0 atom stereocenters.